The van der Waals surface area contributed by atoms with Crippen LogP contribution in [0.5, 0.6) is 0 Å². The molecule has 4 atom stereocenters. The minimum absolute atomic E-state index is 0.0605. The molecule has 2 N–H and O–H groups in total. The predicted octanol–water partition coefficient (Wildman–Crippen LogP) is 5.64. The Hall–Kier alpha value is -3.04. The first-order valence-corrected chi connectivity index (χ1v) is 15.3. The van der Waals surface area contributed by atoms with E-state index in [0.29, 0.717) is 44.1 Å². The van der Waals surface area contributed by atoms with Gasteiger partial charge in [-0.15, -0.1) is 0 Å². The average Bonchev–Trinajstić information content (AvgIpc) is 3.30. The number of fused-ring (bicyclic) bond motifs is 1. The van der Waals surface area contributed by atoms with Gasteiger partial charge in [-0.2, -0.15) is 0 Å². The molecule has 5 rings (SSSR count). The highest BCUT2D eigenvalue weighted by atomic mass is 19.1. The number of hydrogen-bond donors (Lipinski definition) is 2. The molecule has 7 nitrogen and oxygen atoms in total. The van der Waals surface area contributed by atoms with Crippen LogP contribution in [0.3, 0.4) is 0 Å². The van der Waals surface area contributed by atoms with E-state index in [-0.39, 0.29) is 17.7 Å². The van der Waals surface area contributed by atoms with Gasteiger partial charge in [0.15, 0.2) is 0 Å². The maximum atomic E-state index is 14.9. The smallest absolute Gasteiger partial charge is 0.149 e. The van der Waals surface area contributed by atoms with Crippen LogP contribution in [0.1, 0.15) is 56.7 Å². The number of pyridine rings is 1. The molecule has 3 saturated heterocycles. The van der Waals surface area contributed by atoms with Gasteiger partial charge in [0.2, 0.25) is 0 Å². The first-order chi connectivity index (χ1) is 20.5. The summed E-state index contributed by atoms with van der Waals surface area (Å²) >= 11 is 0. The number of allylic oxidation sites excluding steroid dienone is 3. The number of nitrogens with zero attached hydrogens (tertiary/aromatic N) is 2. The lowest BCUT2D eigenvalue weighted by Crippen LogP contribution is -2.60. The molecule has 42 heavy (non-hydrogen) atoms. The van der Waals surface area contributed by atoms with Gasteiger partial charge in [-0.05, 0) is 55.0 Å². The molecule has 0 bridgehead atoms. The first-order valence-electron chi connectivity index (χ1n) is 15.3. The van der Waals surface area contributed by atoms with Gasteiger partial charge in [0, 0.05) is 49.5 Å². The number of aromatic nitrogens is 1. The van der Waals surface area contributed by atoms with E-state index in [9.17, 15) is 9.50 Å². The van der Waals surface area contributed by atoms with Gasteiger partial charge < -0.3 is 29.5 Å². The van der Waals surface area contributed by atoms with Crippen molar-refractivity contribution in [3.05, 3.63) is 83.6 Å². The molecule has 3 aliphatic rings. The zero-order chi connectivity index (χ0) is 29.4. The minimum atomic E-state index is -0.563. The third-order valence-electron chi connectivity index (χ3n) is 8.40. The van der Waals surface area contributed by atoms with E-state index >= 15 is 0 Å². The van der Waals surface area contributed by atoms with Crippen molar-refractivity contribution in [3.63, 3.8) is 0 Å². The Balaban J connectivity index is 1.25. The zero-order valence-electron chi connectivity index (χ0n) is 24.8. The van der Waals surface area contributed by atoms with E-state index in [1.54, 1.807) is 6.07 Å². The second kappa shape index (κ2) is 14.4. The van der Waals surface area contributed by atoms with E-state index < -0.39 is 11.8 Å². The van der Waals surface area contributed by atoms with E-state index in [1.807, 2.05) is 24.4 Å². The van der Waals surface area contributed by atoms with Crippen molar-refractivity contribution in [2.24, 2.45) is 5.92 Å². The summed E-state index contributed by atoms with van der Waals surface area (Å²) in [7, 11) is 0. The van der Waals surface area contributed by atoms with Crippen molar-refractivity contribution in [2.75, 3.05) is 46.1 Å². The van der Waals surface area contributed by atoms with E-state index in [4.69, 9.17) is 14.2 Å². The summed E-state index contributed by atoms with van der Waals surface area (Å²) in [5, 5.41) is 13.4. The maximum Gasteiger partial charge on any atom is 0.149 e. The molecule has 0 saturated carbocycles. The summed E-state index contributed by atoms with van der Waals surface area (Å²) in [6, 6.07) is 11.1. The summed E-state index contributed by atoms with van der Waals surface area (Å²) in [6.45, 7) is 9.30. The molecule has 1 aromatic carbocycles. The summed E-state index contributed by atoms with van der Waals surface area (Å²) in [4.78, 5) is 7.01. The molecule has 3 aliphatic heterocycles. The first kappa shape index (κ1) is 30.4. The Bertz CT molecular complexity index is 1260. The number of aliphatic hydroxyl groups is 1. The molecule has 0 radical (unpaired) electrons. The van der Waals surface area contributed by atoms with Crippen molar-refractivity contribution in [2.45, 2.75) is 57.3 Å². The van der Waals surface area contributed by atoms with Crippen molar-refractivity contribution >= 4 is 6.08 Å². The molecule has 1 aromatic heterocycles. The summed E-state index contributed by atoms with van der Waals surface area (Å²) in [5.74, 6) is -0.0910. The van der Waals surface area contributed by atoms with Crippen LogP contribution in [0.4, 0.5) is 4.39 Å². The number of aliphatic hydroxyl groups excluding tert-OH is 1. The third kappa shape index (κ3) is 7.48. The number of benzene rings is 1. The molecule has 0 aliphatic carbocycles. The highest BCUT2D eigenvalue weighted by molar-refractivity contribution is 5.62. The highest BCUT2D eigenvalue weighted by Gasteiger charge is 2.46. The molecule has 2 aromatic rings. The van der Waals surface area contributed by atoms with Gasteiger partial charge in [-0.25, -0.2) is 9.37 Å². The summed E-state index contributed by atoms with van der Waals surface area (Å²) < 4.78 is 32.2. The number of halogens is 1. The van der Waals surface area contributed by atoms with Crippen LogP contribution in [0.2, 0.25) is 0 Å². The Labute approximate surface area is 249 Å². The number of ether oxygens (including phenoxy) is 3. The van der Waals surface area contributed by atoms with E-state index in [1.165, 1.54) is 11.8 Å². The van der Waals surface area contributed by atoms with Gasteiger partial charge in [-0.1, -0.05) is 50.3 Å². The van der Waals surface area contributed by atoms with Crippen LogP contribution >= 0.6 is 0 Å². The van der Waals surface area contributed by atoms with Crippen LogP contribution in [0.15, 0.2) is 66.5 Å². The van der Waals surface area contributed by atoms with Crippen LogP contribution in [-0.2, 0) is 14.2 Å². The average molecular weight is 578 g/mol. The fourth-order valence-electron chi connectivity index (χ4n) is 5.94. The number of hydrogen-bond acceptors (Lipinski definition) is 7. The SMILES string of the molecule is CC/C=C(\C=C/C(C)c1ccc(-c2nc(/C=C/N[C@@]34CCOC[C@@H]3CC(O)CO4)ccc2F)cc1)N1CCCOCC1. The fourth-order valence-corrected chi connectivity index (χ4v) is 5.94. The number of rotatable bonds is 9. The van der Waals surface area contributed by atoms with Crippen molar-refractivity contribution in [3.8, 4) is 11.3 Å². The molecular formula is C34H44FN3O4. The summed E-state index contributed by atoms with van der Waals surface area (Å²) in [6.07, 6.45) is 13.3. The molecule has 226 valence electrons. The summed E-state index contributed by atoms with van der Waals surface area (Å²) in [5.41, 5.74) is 3.54. The molecule has 4 heterocycles. The molecule has 0 amide bonds. The fraction of sp³-hybridized carbons (Fsp3) is 0.500. The van der Waals surface area contributed by atoms with Crippen LogP contribution < -0.4 is 5.32 Å². The van der Waals surface area contributed by atoms with Gasteiger partial charge in [0.1, 0.15) is 17.2 Å². The Morgan fingerprint density at radius 3 is 2.83 bits per heavy atom. The normalized spacial score (nSPS) is 26.3. The van der Waals surface area contributed by atoms with Crippen LogP contribution in [0, 0.1) is 11.7 Å². The van der Waals surface area contributed by atoms with E-state index in [2.05, 4.69) is 59.4 Å². The lowest BCUT2D eigenvalue weighted by Gasteiger charge is -2.48. The third-order valence-corrected chi connectivity index (χ3v) is 8.40. The van der Waals surface area contributed by atoms with E-state index in [0.717, 1.165) is 50.3 Å². The Morgan fingerprint density at radius 1 is 1.14 bits per heavy atom. The lowest BCUT2D eigenvalue weighted by atomic mass is 9.84. The highest BCUT2D eigenvalue weighted by Crippen LogP contribution is 2.35. The molecule has 3 fully saturated rings. The maximum absolute atomic E-state index is 14.9. The number of nitrogens with one attached hydrogen (secondary N) is 1. The van der Waals surface area contributed by atoms with Crippen molar-refractivity contribution in [1.82, 2.24) is 15.2 Å². The van der Waals surface area contributed by atoms with Crippen LogP contribution in [0.25, 0.3) is 17.3 Å². The second-order valence-corrected chi connectivity index (χ2v) is 11.4. The monoisotopic (exact) mass is 577 g/mol. The minimum Gasteiger partial charge on any atom is -0.391 e. The topological polar surface area (TPSA) is 76.1 Å². The van der Waals surface area contributed by atoms with Gasteiger partial charge in [0.05, 0.1) is 38.2 Å². The predicted molar refractivity (Wildman–Crippen MR) is 163 cm³/mol. The molecular weight excluding hydrogens is 533 g/mol. The standard InChI is InChI=1S/C34H44FN3O4/c1-3-5-30(38-17-4-19-40-21-18-38)12-6-25(2)26-7-9-27(10-8-26)33-32(35)13-11-29(37-33)14-16-36-34-15-20-41-23-28(34)22-31(39)24-42-34/h5-14,16,25,28,31,36,39H,3-4,15,17-24H2,1-2H3/b12-6-,16-14+,30-5+/t25?,28-,31?,34+/m0/s1. The largest absolute Gasteiger partial charge is 0.391 e. The van der Waals surface area contributed by atoms with Gasteiger partial charge in [0.25, 0.3) is 0 Å². The zero-order valence-corrected chi connectivity index (χ0v) is 24.8. The van der Waals surface area contributed by atoms with Crippen molar-refractivity contribution < 1.29 is 23.7 Å². The Kier molecular flexibility index (Phi) is 10.4. The molecule has 2 unspecified atom stereocenters. The second-order valence-electron chi connectivity index (χ2n) is 11.4. The van der Waals surface area contributed by atoms with Crippen LogP contribution in [-0.4, -0.2) is 72.9 Å². The molecule has 8 heteroatoms. The Morgan fingerprint density at radius 2 is 2.00 bits per heavy atom. The molecule has 0 spiro atoms. The van der Waals surface area contributed by atoms with Gasteiger partial charge in [-0.3, -0.25) is 0 Å². The van der Waals surface area contributed by atoms with Crippen molar-refractivity contribution in [1.29, 1.82) is 0 Å². The lowest BCUT2D eigenvalue weighted by molar-refractivity contribution is -0.214. The quantitative estimate of drug-likeness (QED) is 0.374. The van der Waals surface area contributed by atoms with Gasteiger partial charge >= 0.3 is 0 Å².